The number of benzene rings is 2. The van der Waals surface area contributed by atoms with Crippen molar-refractivity contribution in [1.82, 2.24) is 5.32 Å². The molecule has 0 radical (unpaired) electrons. The second-order valence-electron chi connectivity index (χ2n) is 8.36. The van der Waals surface area contributed by atoms with Crippen molar-refractivity contribution in [2.24, 2.45) is 0 Å². The minimum atomic E-state index is -3.98. The lowest BCUT2D eigenvalue weighted by Gasteiger charge is -2.37. The zero-order chi connectivity index (χ0) is 23.2. The maximum absolute atomic E-state index is 10.9. The fourth-order valence-electron chi connectivity index (χ4n) is 4.01. The quantitative estimate of drug-likeness (QED) is 0.342. The van der Waals surface area contributed by atoms with Crippen molar-refractivity contribution >= 4 is 21.9 Å². The normalized spacial score (nSPS) is 22.1. The van der Waals surface area contributed by atoms with Gasteiger partial charge >= 0.3 is 0 Å². The van der Waals surface area contributed by atoms with Crippen molar-refractivity contribution in [3.05, 3.63) is 59.7 Å². The first-order chi connectivity index (χ1) is 15.3. The number of rotatable bonds is 10. The van der Waals surface area contributed by atoms with Crippen LogP contribution < -0.4 is 10.1 Å². The molecule has 2 aromatic rings. The molecule has 0 saturated heterocycles. The lowest BCUT2D eigenvalue weighted by atomic mass is 9.87. The van der Waals surface area contributed by atoms with Gasteiger partial charge in [-0.25, -0.2) is 0 Å². The summed E-state index contributed by atoms with van der Waals surface area (Å²) in [6.07, 6.45) is 2.17. The smallest absolute Gasteiger partial charge is 0.264 e. The Kier molecular flexibility index (Phi) is 8.63. The van der Waals surface area contributed by atoms with Crippen LogP contribution in [0, 0.1) is 0 Å². The van der Waals surface area contributed by atoms with Crippen LogP contribution in [-0.4, -0.2) is 47.8 Å². The van der Waals surface area contributed by atoms with Gasteiger partial charge in [0.05, 0.1) is 24.5 Å². The number of thioether (sulfide) groups is 1. The summed E-state index contributed by atoms with van der Waals surface area (Å²) >= 11 is 1.76. The summed E-state index contributed by atoms with van der Waals surface area (Å²) in [5, 5.41) is 14.4. The predicted octanol–water partition coefficient (Wildman–Crippen LogP) is 4.44. The molecule has 3 N–H and O–H groups in total. The lowest BCUT2D eigenvalue weighted by Crippen LogP contribution is -2.50. The summed E-state index contributed by atoms with van der Waals surface area (Å²) in [6.45, 7) is 4.38. The third-order valence-electron chi connectivity index (χ3n) is 5.97. The van der Waals surface area contributed by atoms with E-state index in [0.29, 0.717) is 12.2 Å². The van der Waals surface area contributed by atoms with E-state index in [2.05, 4.69) is 30.4 Å². The molecule has 32 heavy (non-hydrogen) atoms. The van der Waals surface area contributed by atoms with Crippen LogP contribution in [0.15, 0.2) is 53.4 Å². The lowest BCUT2D eigenvalue weighted by molar-refractivity contribution is 0.116. The molecule has 1 aliphatic rings. The fraction of sp³-hybridized carbons (Fsp3) is 0.500. The minimum Gasteiger partial charge on any atom is -0.494 e. The van der Waals surface area contributed by atoms with E-state index >= 15 is 0 Å². The Morgan fingerprint density at radius 3 is 2.62 bits per heavy atom. The molecular formula is C24H33NO5S2. The first-order valence-corrected chi connectivity index (χ1v) is 13.7. The molecule has 2 aromatic carbocycles. The van der Waals surface area contributed by atoms with E-state index in [9.17, 15) is 13.5 Å². The number of hydrogen-bond acceptors (Lipinski definition) is 6. The molecule has 0 bridgehead atoms. The number of fused-ring (bicyclic) bond motifs is 1. The molecule has 1 aliphatic heterocycles. The highest BCUT2D eigenvalue weighted by Crippen LogP contribution is 2.42. The molecule has 1 heterocycles. The number of nitrogens with one attached hydrogen (secondary N) is 1. The molecule has 6 nitrogen and oxygen atoms in total. The van der Waals surface area contributed by atoms with Gasteiger partial charge in [-0.2, -0.15) is 8.42 Å². The Balaban J connectivity index is 1.88. The van der Waals surface area contributed by atoms with Crippen LogP contribution in [0.25, 0.3) is 0 Å². The van der Waals surface area contributed by atoms with Gasteiger partial charge in [0, 0.05) is 16.2 Å². The van der Waals surface area contributed by atoms with Crippen LogP contribution in [0.5, 0.6) is 5.75 Å². The zero-order valence-corrected chi connectivity index (χ0v) is 20.3. The molecule has 0 fully saturated rings. The van der Waals surface area contributed by atoms with Crippen LogP contribution >= 0.6 is 11.8 Å². The van der Waals surface area contributed by atoms with Gasteiger partial charge in [0.25, 0.3) is 10.1 Å². The average Bonchev–Trinajstić information content (AvgIpc) is 2.94. The van der Waals surface area contributed by atoms with Gasteiger partial charge in [-0.1, -0.05) is 50.2 Å². The molecule has 3 rings (SSSR count). The minimum absolute atomic E-state index is 0.0150. The standard InChI is InChI=1S/C24H33NO5S2/c1-3-19(26)16-24(4-2)17-31-22-15-20(30-13-8-14-32(27,28)29)11-12-21(22)23(25-24)18-9-6-5-7-10-18/h5-7,9-12,15,19,23,25-26H,3-4,8,13-14,16-17H2,1-2H3,(H,27,28,29)/t19?,23-,24-/m0/s1. The average molecular weight is 480 g/mol. The molecular weight excluding hydrogens is 446 g/mol. The van der Waals surface area contributed by atoms with E-state index in [1.165, 1.54) is 5.56 Å². The van der Waals surface area contributed by atoms with E-state index in [1.54, 1.807) is 11.8 Å². The first-order valence-electron chi connectivity index (χ1n) is 11.1. The molecule has 8 heteroatoms. The van der Waals surface area contributed by atoms with E-state index in [4.69, 9.17) is 9.29 Å². The number of aliphatic hydroxyl groups excluding tert-OH is 1. The monoisotopic (exact) mass is 479 g/mol. The number of ether oxygens (including phenoxy) is 1. The van der Waals surface area contributed by atoms with Crippen LogP contribution in [-0.2, 0) is 10.1 Å². The maximum atomic E-state index is 10.9. The fourth-order valence-corrected chi connectivity index (χ4v) is 5.88. The summed E-state index contributed by atoms with van der Waals surface area (Å²) in [5.41, 5.74) is 2.12. The molecule has 3 atom stereocenters. The highest BCUT2D eigenvalue weighted by Gasteiger charge is 2.37. The highest BCUT2D eigenvalue weighted by molar-refractivity contribution is 7.99. The number of aliphatic hydroxyl groups is 1. The largest absolute Gasteiger partial charge is 0.494 e. The molecule has 0 saturated carbocycles. The van der Waals surface area contributed by atoms with Crippen molar-refractivity contribution < 1.29 is 22.8 Å². The second-order valence-corrected chi connectivity index (χ2v) is 11.0. The summed E-state index contributed by atoms with van der Waals surface area (Å²) in [5.74, 6) is 1.19. The van der Waals surface area contributed by atoms with E-state index in [-0.39, 0.29) is 36.5 Å². The Morgan fingerprint density at radius 2 is 1.97 bits per heavy atom. The van der Waals surface area contributed by atoms with Gasteiger partial charge in [-0.15, -0.1) is 11.8 Å². The van der Waals surface area contributed by atoms with Crippen LogP contribution in [0.4, 0.5) is 0 Å². The van der Waals surface area contributed by atoms with Gasteiger partial charge < -0.3 is 9.84 Å². The first kappa shape index (κ1) is 25.1. The van der Waals surface area contributed by atoms with Gasteiger partial charge in [-0.3, -0.25) is 9.87 Å². The van der Waals surface area contributed by atoms with Crippen molar-refractivity contribution in [2.45, 2.75) is 62.1 Å². The third kappa shape index (κ3) is 6.71. The predicted molar refractivity (Wildman–Crippen MR) is 129 cm³/mol. The van der Waals surface area contributed by atoms with E-state index in [1.807, 2.05) is 37.3 Å². The molecule has 0 spiro atoms. The molecule has 0 amide bonds. The Labute approximate surface area is 195 Å². The highest BCUT2D eigenvalue weighted by atomic mass is 32.2. The zero-order valence-electron chi connectivity index (χ0n) is 18.7. The van der Waals surface area contributed by atoms with Gasteiger partial charge in [0.2, 0.25) is 0 Å². The van der Waals surface area contributed by atoms with Crippen molar-refractivity contribution in [1.29, 1.82) is 0 Å². The van der Waals surface area contributed by atoms with Crippen LogP contribution in [0.2, 0.25) is 0 Å². The van der Waals surface area contributed by atoms with Crippen molar-refractivity contribution in [2.75, 3.05) is 18.1 Å². The molecule has 176 valence electrons. The Bertz CT molecular complexity index is 983. The Morgan fingerprint density at radius 1 is 1.22 bits per heavy atom. The second kappa shape index (κ2) is 11.0. The molecule has 0 aromatic heterocycles. The van der Waals surface area contributed by atoms with E-state index in [0.717, 1.165) is 29.1 Å². The summed E-state index contributed by atoms with van der Waals surface area (Å²) in [6, 6.07) is 16.3. The summed E-state index contributed by atoms with van der Waals surface area (Å²) in [4.78, 5) is 1.11. The molecule has 0 aliphatic carbocycles. The number of hydrogen-bond donors (Lipinski definition) is 3. The van der Waals surface area contributed by atoms with Crippen molar-refractivity contribution in [3.8, 4) is 5.75 Å². The maximum Gasteiger partial charge on any atom is 0.264 e. The topological polar surface area (TPSA) is 95.9 Å². The summed E-state index contributed by atoms with van der Waals surface area (Å²) in [7, 11) is -3.98. The van der Waals surface area contributed by atoms with Crippen molar-refractivity contribution in [3.63, 3.8) is 0 Å². The SMILES string of the molecule is CCC(O)C[C@@]1(CC)CSc2cc(OCCCS(=O)(=O)O)ccc2[C@H](c2ccccc2)N1. The Hall–Kier alpha value is -1.58. The third-order valence-corrected chi connectivity index (χ3v) is 8.14. The van der Waals surface area contributed by atoms with E-state index < -0.39 is 10.1 Å². The van der Waals surface area contributed by atoms with Gasteiger partial charge in [0.1, 0.15) is 5.75 Å². The van der Waals surface area contributed by atoms with Gasteiger partial charge in [0.15, 0.2) is 0 Å². The van der Waals surface area contributed by atoms with Gasteiger partial charge in [-0.05, 0) is 48.9 Å². The molecule has 1 unspecified atom stereocenters. The van der Waals surface area contributed by atoms with Crippen LogP contribution in [0.1, 0.15) is 56.7 Å². The summed E-state index contributed by atoms with van der Waals surface area (Å²) < 4.78 is 36.4. The van der Waals surface area contributed by atoms with Crippen LogP contribution in [0.3, 0.4) is 0 Å².